The third-order valence-electron chi connectivity index (χ3n) is 4.95. The van der Waals surface area contributed by atoms with Gasteiger partial charge in [0.15, 0.2) is 0 Å². The van der Waals surface area contributed by atoms with Gasteiger partial charge in [0, 0.05) is 51.0 Å². The molecule has 0 aliphatic carbocycles. The molecule has 0 spiro atoms. The zero-order valence-electron chi connectivity index (χ0n) is 13.0. The average molecular weight is 289 g/mol. The molecule has 2 aliphatic rings. The summed E-state index contributed by atoms with van der Waals surface area (Å²) < 4.78 is 0. The van der Waals surface area contributed by atoms with E-state index in [1.807, 2.05) is 12.1 Å². The van der Waals surface area contributed by atoms with Crippen LogP contribution in [0, 0.1) is 0 Å². The van der Waals surface area contributed by atoms with Gasteiger partial charge in [-0.15, -0.1) is 0 Å². The van der Waals surface area contributed by atoms with Gasteiger partial charge in [-0.3, -0.25) is 4.90 Å². The molecule has 0 bridgehead atoms. The number of benzene rings is 1. The van der Waals surface area contributed by atoms with Gasteiger partial charge in [0.25, 0.3) is 0 Å². The maximum atomic E-state index is 5.92. The van der Waals surface area contributed by atoms with E-state index in [2.05, 4.69) is 27.8 Å². The molecule has 0 atom stereocenters. The van der Waals surface area contributed by atoms with Gasteiger partial charge >= 0.3 is 0 Å². The molecule has 5 heteroatoms. The molecular formula is C16H27N5. The number of nitrogens with zero attached hydrogens (tertiary/aromatic N) is 3. The van der Waals surface area contributed by atoms with Crippen molar-refractivity contribution in [3.8, 4) is 0 Å². The Morgan fingerprint density at radius 1 is 0.905 bits per heavy atom. The predicted octanol–water partition coefficient (Wildman–Crippen LogP) is 1.07. The molecule has 2 fully saturated rings. The molecule has 0 radical (unpaired) electrons. The molecule has 3 rings (SSSR count). The maximum absolute atomic E-state index is 5.92. The van der Waals surface area contributed by atoms with Gasteiger partial charge in [0.2, 0.25) is 0 Å². The molecule has 2 aliphatic heterocycles. The van der Waals surface area contributed by atoms with E-state index in [0.717, 1.165) is 19.1 Å². The highest BCUT2D eigenvalue weighted by molar-refractivity contribution is 5.69. The summed E-state index contributed by atoms with van der Waals surface area (Å²) in [7, 11) is 2.21. The standard InChI is InChI=1S/C16H27N5/c1-19-8-10-21(11-9-19)13-4-6-20(7-5-13)14-2-3-15(17)16(18)12-14/h2-3,12-13H,4-11,17-18H2,1H3. The molecule has 116 valence electrons. The minimum atomic E-state index is 0.672. The van der Waals surface area contributed by atoms with Crippen molar-refractivity contribution in [1.29, 1.82) is 0 Å². The number of anilines is 3. The van der Waals surface area contributed by atoms with E-state index in [4.69, 9.17) is 11.5 Å². The summed E-state index contributed by atoms with van der Waals surface area (Å²) in [6, 6.07) is 6.76. The molecule has 5 nitrogen and oxygen atoms in total. The average Bonchev–Trinajstić information content (AvgIpc) is 2.51. The highest BCUT2D eigenvalue weighted by atomic mass is 15.3. The number of nitrogens with two attached hydrogens (primary N) is 2. The Bertz CT molecular complexity index is 474. The first-order valence-electron chi connectivity index (χ1n) is 7.96. The van der Waals surface area contributed by atoms with Crippen LogP contribution in [0.4, 0.5) is 17.1 Å². The predicted molar refractivity (Wildman–Crippen MR) is 89.6 cm³/mol. The molecule has 1 aromatic rings. The summed E-state index contributed by atoms with van der Waals surface area (Å²) in [5.74, 6) is 0. The lowest BCUT2D eigenvalue weighted by atomic mass is 10.0. The smallest absolute Gasteiger partial charge is 0.0568 e. The largest absolute Gasteiger partial charge is 0.397 e. The first kappa shape index (κ1) is 14.5. The van der Waals surface area contributed by atoms with E-state index >= 15 is 0 Å². The fourth-order valence-corrected chi connectivity index (χ4v) is 3.44. The lowest BCUT2D eigenvalue weighted by molar-refractivity contribution is 0.0982. The molecule has 2 heterocycles. The molecule has 2 saturated heterocycles. The quantitative estimate of drug-likeness (QED) is 0.798. The molecule has 21 heavy (non-hydrogen) atoms. The molecular weight excluding hydrogens is 262 g/mol. The number of piperidine rings is 1. The van der Waals surface area contributed by atoms with Gasteiger partial charge in [-0.2, -0.15) is 0 Å². The lowest BCUT2D eigenvalue weighted by Crippen LogP contribution is -2.52. The molecule has 0 unspecified atom stereocenters. The zero-order valence-corrected chi connectivity index (χ0v) is 13.0. The number of likely N-dealkylation sites (N-methyl/N-ethyl adjacent to an activating group) is 1. The maximum Gasteiger partial charge on any atom is 0.0568 e. The Kier molecular flexibility index (Phi) is 4.22. The minimum absolute atomic E-state index is 0.672. The summed E-state index contributed by atoms with van der Waals surface area (Å²) in [5, 5.41) is 0. The van der Waals surface area contributed by atoms with Crippen LogP contribution in [-0.4, -0.2) is 62.2 Å². The van der Waals surface area contributed by atoms with Crippen LogP contribution in [0.2, 0.25) is 0 Å². The van der Waals surface area contributed by atoms with Crippen LogP contribution in [0.1, 0.15) is 12.8 Å². The van der Waals surface area contributed by atoms with E-state index in [0.29, 0.717) is 11.4 Å². The fourth-order valence-electron chi connectivity index (χ4n) is 3.44. The molecule has 1 aromatic carbocycles. The second-order valence-corrected chi connectivity index (χ2v) is 6.37. The molecule has 4 N–H and O–H groups in total. The lowest BCUT2D eigenvalue weighted by Gasteiger charge is -2.42. The summed E-state index contributed by atoms with van der Waals surface area (Å²) in [4.78, 5) is 7.53. The third kappa shape index (κ3) is 3.24. The Balaban J connectivity index is 1.56. The van der Waals surface area contributed by atoms with Gasteiger partial charge in [0.1, 0.15) is 0 Å². The normalized spacial score (nSPS) is 22.6. The number of piperazine rings is 1. The second-order valence-electron chi connectivity index (χ2n) is 6.37. The third-order valence-corrected chi connectivity index (χ3v) is 4.95. The van der Waals surface area contributed by atoms with Crippen molar-refractivity contribution < 1.29 is 0 Å². The van der Waals surface area contributed by atoms with E-state index in [-0.39, 0.29) is 0 Å². The fraction of sp³-hybridized carbons (Fsp3) is 0.625. The monoisotopic (exact) mass is 289 g/mol. The topological polar surface area (TPSA) is 61.8 Å². The molecule has 0 aromatic heterocycles. The van der Waals surface area contributed by atoms with Crippen LogP contribution in [0.3, 0.4) is 0 Å². The van der Waals surface area contributed by atoms with E-state index in [1.165, 1.54) is 44.7 Å². The van der Waals surface area contributed by atoms with Crippen LogP contribution in [0.25, 0.3) is 0 Å². The summed E-state index contributed by atoms with van der Waals surface area (Å²) in [6.45, 7) is 7.07. The van der Waals surface area contributed by atoms with Crippen molar-refractivity contribution in [2.45, 2.75) is 18.9 Å². The van der Waals surface area contributed by atoms with Crippen LogP contribution in [-0.2, 0) is 0 Å². The number of nitrogen functional groups attached to an aromatic ring is 2. The summed E-state index contributed by atoms with van der Waals surface area (Å²) in [5.41, 5.74) is 14.3. The highest BCUT2D eigenvalue weighted by Crippen LogP contribution is 2.27. The molecule has 0 amide bonds. The first-order chi connectivity index (χ1) is 10.1. The van der Waals surface area contributed by atoms with Crippen LogP contribution >= 0.6 is 0 Å². The minimum Gasteiger partial charge on any atom is -0.397 e. The number of rotatable bonds is 2. The Morgan fingerprint density at radius 2 is 1.57 bits per heavy atom. The van der Waals surface area contributed by atoms with E-state index in [9.17, 15) is 0 Å². The van der Waals surface area contributed by atoms with Crippen LogP contribution in [0.5, 0.6) is 0 Å². The van der Waals surface area contributed by atoms with E-state index < -0.39 is 0 Å². The SMILES string of the molecule is CN1CCN(C2CCN(c3ccc(N)c(N)c3)CC2)CC1. The molecule has 0 saturated carbocycles. The Hall–Kier alpha value is -1.46. The van der Waals surface area contributed by atoms with Gasteiger partial charge in [-0.25, -0.2) is 0 Å². The van der Waals surface area contributed by atoms with Gasteiger partial charge in [-0.05, 0) is 38.1 Å². The Labute approximate surface area is 127 Å². The number of hydrogen-bond donors (Lipinski definition) is 2. The summed E-state index contributed by atoms with van der Waals surface area (Å²) in [6.07, 6.45) is 2.49. The van der Waals surface area contributed by atoms with Crippen molar-refractivity contribution >= 4 is 17.1 Å². The number of hydrogen-bond acceptors (Lipinski definition) is 5. The summed E-state index contributed by atoms with van der Waals surface area (Å²) >= 11 is 0. The van der Waals surface area contributed by atoms with Crippen molar-refractivity contribution in [3.05, 3.63) is 18.2 Å². The van der Waals surface area contributed by atoms with Crippen LogP contribution in [0.15, 0.2) is 18.2 Å². The second kappa shape index (κ2) is 6.12. The highest BCUT2D eigenvalue weighted by Gasteiger charge is 2.26. The van der Waals surface area contributed by atoms with Crippen molar-refractivity contribution in [2.75, 3.05) is 62.7 Å². The van der Waals surface area contributed by atoms with Crippen molar-refractivity contribution in [2.24, 2.45) is 0 Å². The van der Waals surface area contributed by atoms with Crippen LogP contribution < -0.4 is 16.4 Å². The van der Waals surface area contributed by atoms with Gasteiger partial charge in [0.05, 0.1) is 11.4 Å². The Morgan fingerprint density at radius 3 is 2.19 bits per heavy atom. The van der Waals surface area contributed by atoms with E-state index in [1.54, 1.807) is 0 Å². The first-order valence-corrected chi connectivity index (χ1v) is 7.96. The zero-order chi connectivity index (χ0) is 14.8. The van der Waals surface area contributed by atoms with Crippen molar-refractivity contribution in [3.63, 3.8) is 0 Å². The van der Waals surface area contributed by atoms with Gasteiger partial charge in [-0.1, -0.05) is 0 Å². The van der Waals surface area contributed by atoms with Gasteiger partial charge < -0.3 is 21.3 Å². The van der Waals surface area contributed by atoms with Crippen molar-refractivity contribution in [1.82, 2.24) is 9.80 Å².